The topological polar surface area (TPSA) is 55.2 Å². The van der Waals surface area contributed by atoms with Crippen LogP contribution in [-0.4, -0.2) is 11.5 Å². The van der Waals surface area contributed by atoms with Gasteiger partial charge >= 0.3 is 0 Å². The van der Waals surface area contributed by atoms with Gasteiger partial charge in [-0.05, 0) is 24.1 Å². The van der Waals surface area contributed by atoms with E-state index in [0.717, 1.165) is 11.6 Å². The maximum absolute atomic E-state index is 13.0. The molecule has 0 atom stereocenters. The van der Waals surface area contributed by atoms with Gasteiger partial charge in [-0.3, -0.25) is 10.1 Å². The van der Waals surface area contributed by atoms with Crippen molar-refractivity contribution in [1.82, 2.24) is 0 Å². The molecule has 4 nitrogen and oxygen atoms in total. The fraction of sp³-hybridized carbons (Fsp3) is 0.143. The highest BCUT2D eigenvalue weighted by Gasteiger charge is 2.04. The molecular weight excluding hydrogens is 266 g/mol. The predicted octanol–water partition coefficient (Wildman–Crippen LogP) is 3.53. The first kappa shape index (κ1) is 13.9. The van der Waals surface area contributed by atoms with E-state index in [1.165, 1.54) is 24.3 Å². The molecule has 6 heteroatoms. The molecule has 0 heterocycles. The summed E-state index contributed by atoms with van der Waals surface area (Å²) >= 11 is 0. The molecule has 0 amide bonds. The zero-order valence-electron chi connectivity index (χ0n) is 10.5. The summed E-state index contributed by atoms with van der Waals surface area (Å²) in [5.74, 6) is -1.27. The normalized spacial score (nSPS) is 10.3. The zero-order valence-corrected chi connectivity index (χ0v) is 10.5. The predicted molar refractivity (Wildman–Crippen MR) is 71.6 cm³/mol. The molecule has 104 valence electrons. The smallest absolute Gasteiger partial charge is 0.269 e. The van der Waals surface area contributed by atoms with Crippen LogP contribution >= 0.6 is 0 Å². The number of non-ortho nitro benzene ring substituents is 1. The Bertz CT molecular complexity index is 595. The van der Waals surface area contributed by atoms with Crippen molar-refractivity contribution in [2.75, 3.05) is 11.9 Å². The van der Waals surface area contributed by atoms with Crippen LogP contribution in [0.1, 0.15) is 5.56 Å². The van der Waals surface area contributed by atoms with Gasteiger partial charge in [0, 0.05) is 30.4 Å². The summed E-state index contributed by atoms with van der Waals surface area (Å²) in [6.45, 7) is 0.473. The maximum Gasteiger partial charge on any atom is 0.269 e. The number of hydrogen-bond donors (Lipinski definition) is 1. The molecule has 2 aromatic rings. The van der Waals surface area contributed by atoms with Crippen LogP contribution in [0.3, 0.4) is 0 Å². The summed E-state index contributed by atoms with van der Waals surface area (Å²) in [6.07, 6.45) is 0.593. The number of halogens is 2. The van der Waals surface area contributed by atoms with Crippen molar-refractivity contribution in [1.29, 1.82) is 0 Å². The minimum Gasteiger partial charge on any atom is -0.385 e. The quantitative estimate of drug-likeness (QED) is 0.672. The second-order valence-corrected chi connectivity index (χ2v) is 4.26. The van der Waals surface area contributed by atoms with E-state index in [1.54, 1.807) is 12.1 Å². The first-order valence-electron chi connectivity index (χ1n) is 5.98. The molecule has 0 radical (unpaired) electrons. The van der Waals surface area contributed by atoms with Crippen molar-refractivity contribution in [3.8, 4) is 0 Å². The Labute approximate surface area is 114 Å². The molecular formula is C14H12F2N2O2. The van der Waals surface area contributed by atoms with Gasteiger partial charge in [-0.15, -0.1) is 0 Å². The fourth-order valence-corrected chi connectivity index (χ4v) is 1.79. The van der Waals surface area contributed by atoms with E-state index in [1.807, 2.05) is 0 Å². The number of benzene rings is 2. The molecule has 0 spiro atoms. The van der Waals surface area contributed by atoms with E-state index in [4.69, 9.17) is 0 Å². The average Bonchev–Trinajstić information content (AvgIpc) is 2.38. The van der Waals surface area contributed by atoms with Crippen molar-refractivity contribution < 1.29 is 13.7 Å². The largest absolute Gasteiger partial charge is 0.385 e. The summed E-state index contributed by atoms with van der Waals surface area (Å²) in [5.41, 5.74) is 1.30. The van der Waals surface area contributed by atoms with Gasteiger partial charge in [-0.2, -0.15) is 0 Å². The third-order valence-electron chi connectivity index (χ3n) is 2.75. The van der Waals surface area contributed by atoms with Crippen LogP contribution in [0.25, 0.3) is 0 Å². The van der Waals surface area contributed by atoms with Crippen molar-refractivity contribution >= 4 is 11.4 Å². The number of nitrogens with zero attached hydrogens (tertiary/aromatic N) is 1. The molecule has 2 rings (SSSR count). The molecule has 0 aliphatic rings. The molecule has 0 bridgehead atoms. The molecule has 20 heavy (non-hydrogen) atoms. The van der Waals surface area contributed by atoms with Crippen LogP contribution in [0.4, 0.5) is 20.2 Å². The Hall–Kier alpha value is -2.50. The second-order valence-electron chi connectivity index (χ2n) is 4.26. The summed E-state index contributed by atoms with van der Waals surface area (Å²) in [6, 6.07) is 9.39. The van der Waals surface area contributed by atoms with Crippen molar-refractivity contribution in [2.45, 2.75) is 6.42 Å². The van der Waals surface area contributed by atoms with Crippen molar-refractivity contribution in [3.05, 3.63) is 69.8 Å². The highest BCUT2D eigenvalue weighted by atomic mass is 19.1. The van der Waals surface area contributed by atoms with Crippen LogP contribution in [0.15, 0.2) is 42.5 Å². The van der Waals surface area contributed by atoms with E-state index in [9.17, 15) is 18.9 Å². The standard InChI is InChI=1S/C14H12F2N2O2/c15-11-7-12(16)9-13(8-11)17-6-5-10-1-3-14(4-2-10)18(19)20/h1-4,7-9,17H,5-6H2. The van der Waals surface area contributed by atoms with E-state index >= 15 is 0 Å². The Balaban J connectivity index is 1.90. The van der Waals surface area contributed by atoms with Crippen LogP contribution in [0, 0.1) is 21.7 Å². The van der Waals surface area contributed by atoms with Crippen LogP contribution < -0.4 is 5.32 Å². The minimum atomic E-state index is -0.636. The summed E-state index contributed by atoms with van der Waals surface area (Å²) in [5, 5.41) is 13.4. The van der Waals surface area contributed by atoms with E-state index in [-0.39, 0.29) is 5.69 Å². The van der Waals surface area contributed by atoms with Gasteiger partial charge in [0.25, 0.3) is 5.69 Å². The van der Waals surface area contributed by atoms with Gasteiger partial charge in [-0.1, -0.05) is 12.1 Å². The van der Waals surface area contributed by atoms with Gasteiger partial charge in [0.15, 0.2) is 0 Å². The molecule has 0 aliphatic heterocycles. The fourth-order valence-electron chi connectivity index (χ4n) is 1.79. The van der Waals surface area contributed by atoms with Crippen molar-refractivity contribution in [3.63, 3.8) is 0 Å². The number of nitro groups is 1. The molecule has 1 N–H and O–H groups in total. The van der Waals surface area contributed by atoms with Crippen LogP contribution in [-0.2, 0) is 6.42 Å². The molecule has 2 aromatic carbocycles. The Morgan fingerprint density at radius 2 is 1.65 bits per heavy atom. The van der Waals surface area contributed by atoms with Crippen LogP contribution in [0.2, 0.25) is 0 Å². The highest BCUT2D eigenvalue weighted by Crippen LogP contribution is 2.14. The van der Waals surface area contributed by atoms with E-state index < -0.39 is 16.6 Å². The van der Waals surface area contributed by atoms with E-state index in [0.29, 0.717) is 18.7 Å². The lowest BCUT2D eigenvalue weighted by molar-refractivity contribution is -0.384. The number of rotatable bonds is 5. The Kier molecular flexibility index (Phi) is 4.24. The van der Waals surface area contributed by atoms with Gasteiger partial charge in [0.2, 0.25) is 0 Å². The lowest BCUT2D eigenvalue weighted by Crippen LogP contribution is -2.05. The van der Waals surface area contributed by atoms with Gasteiger partial charge in [-0.25, -0.2) is 8.78 Å². The lowest BCUT2D eigenvalue weighted by atomic mass is 10.1. The van der Waals surface area contributed by atoms with Crippen LogP contribution in [0.5, 0.6) is 0 Å². The van der Waals surface area contributed by atoms with E-state index in [2.05, 4.69) is 5.32 Å². The monoisotopic (exact) mass is 278 g/mol. The number of nitro benzene ring substituents is 1. The molecule has 0 saturated heterocycles. The minimum absolute atomic E-state index is 0.0360. The van der Waals surface area contributed by atoms with Gasteiger partial charge in [0.1, 0.15) is 11.6 Å². The third kappa shape index (κ3) is 3.74. The Morgan fingerprint density at radius 3 is 2.20 bits per heavy atom. The maximum atomic E-state index is 13.0. The molecule has 0 saturated carbocycles. The Morgan fingerprint density at radius 1 is 1.05 bits per heavy atom. The second kappa shape index (κ2) is 6.10. The average molecular weight is 278 g/mol. The SMILES string of the molecule is O=[N+]([O-])c1ccc(CCNc2cc(F)cc(F)c2)cc1. The third-order valence-corrected chi connectivity index (χ3v) is 2.75. The first-order valence-corrected chi connectivity index (χ1v) is 5.98. The molecule has 0 unspecified atom stereocenters. The molecule has 0 fully saturated rings. The highest BCUT2D eigenvalue weighted by molar-refractivity contribution is 5.44. The number of anilines is 1. The number of nitrogens with one attached hydrogen (secondary N) is 1. The summed E-state index contributed by atoms with van der Waals surface area (Å²) < 4.78 is 25.9. The van der Waals surface area contributed by atoms with Crippen molar-refractivity contribution in [2.24, 2.45) is 0 Å². The molecule has 0 aromatic heterocycles. The summed E-state index contributed by atoms with van der Waals surface area (Å²) in [4.78, 5) is 10.0. The molecule has 0 aliphatic carbocycles. The van der Waals surface area contributed by atoms with Gasteiger partial charge in [0.05, 0.1) is 4.92 Å². The van der Waals surface area contributed by atoms with Gasteiger partial charge < -0.3 is 5.32 Å². The summed E-state index contributed by atoms with van der Waals surface area (Å²) in [7, 11) is 0. The first-order chi connectivity index (χ1) is 9.54. The lowest BCUT2D eigenvalue weighted by Gasteiger charge is -2.07. The number of hydrogen-bond acceptors (Lipinski definition) is 3. The zero-order chi connectivity index (χ0) is 14.5.